The fourth-order valence-electron chi connectivity index (χ4n) is 9.97. The lowest BCUT2D eigenvalue weighted by Crippen LogP contribution is -2.75. The molecule has 6 heteroatoms. The molecule has 4 aliphatic rings. The van der Waals surface area contributed by atoms with Crippen LogP contribution in [0.2, 0.25) is 39.3 Å². The van der Waals surface area contributed by atoms with E-state index in [4.69, 9.17) is 18.3 Å². The minimum Gasteiger partial charge on any atom is -0.409 e. The van der Waals surface area contributed by atoms with Crippen molar-refractivity contribution in [1.82, 2.24) is 0 Å². The molecule has 0 saturated heterocycles. The van der Waals surface area contributed by atoms with Crippen molar-refractivity contribution >= 4 is 16.6 Å². The standard InChI is InChI=1S/C34H66O4Si2/c1-35-31-23-19-29(20-24-31)33(37-39(3,4)5,27-15-11-9-12-16-27)34(38-40(6,7)8,28-17-13-10-14-18-28)30-21-25-32(36-2)26-22-30/h27-32H,9-26H2,1-8H3. The quantitative estimate of drug-likeness (QED) is 0.223. The Hall–Kier alpha value is 0.274. The molecule has 0 bridgehead atoms. The summed E-state index contributed by atoms with van der Waals surface area (Å²) in [5.41, 5.74) is -0.382. The highest BCUT2D eigenvalue weighted by Crippen LogP contribution is 2.62. The summed E-state index contributed by atoms with van der Waals surface area (Å²) in [5, 5.41) is 0. The minimum absolute atomic E-state index is 0.191. The molecule has 2 unspecified atom stereocenters. The summed E-state index contributed by atoms with van der Waals surface area (Å²) in [6.45, 7) is 14.9. The Morgan fingerprint density at radius 1 is 0.400 bits per heavy atom. The summed E-state index contributed by atoms with van der Waals surface area (Å²) in [7, 11) is -0.0312. The molecule has 4 saturated carbocycles. The van der Waals surface area contributed by atoms with E-state index >= 15 is 0 Å². The van der Waals surface area contributed by atoms with E-state index in [0.717, 1.165) is 0 Å². The Balaban J connectivity index is 1.97. The number of rotatable bonds is 11. The van der Waals surface area contributed by atoms with E-state index in [1.54, 1.807) is 0 Å². The average Bonchev–Trinajstić information content (AvgIpc) is 2.95. The van der Waals surface area contributed by atoms with E-state index in [1.807, 2.05) is 14.2 Å². The molecule has 4 fully saturated rings. The van der Waals surface area contributed by atoms with E-state index < -0.39 is 16.6 Å². The van der Waals surface area contributed by atoms with E-state index in [9.17, 15) is 0 Å². The van der Waals surface area contributed by atoms with Crippen LogP contribution in [0.25, 0.3) is 0 Å². The highest BCUT2D eigenvalue weighted by atomic mass is 28.4. The van der Waals surface area contributed by atoms with Crippen molar-refractivity contribution < 1.29 is 18.3 Å². The Labute approximate surface area is 250 Å². The molecular formula is C34H66O4Si2. The van der Waals surface area contributed by atoms with Gasteiger partial charge in [-0.05, 0) is 140 Å². The fraction of sp³-hybridized carbons (Fsp3) is 1.00. The van der Waals surface area contributed by atoms with Crippen molar-refractivity contribution in [3.63, 3.8) is 0 Å². The predicted octanol–water partition coefficient (Wildman–Crippen LogP) is 9.74. The predicted molar refractivity (Wildman–Crippen MR) is 173 cm³/mol. The molecule has 0 amide bonds. The first-order valence-corrected chi connectivity index (χ1v) is 24.2. The lowest BCUT2D eigenvalue weighted by Gasteiger charge is -2.68. The summed E-state index contributed by atoms with van der Waals surface area (Å²) in [6.07, 6.45) is 24.0. The molecule has 0 aromatic rings. The SMILES string of the molecule is COC1CCC(C(O[Si](C)(C)C)(C2CCCCC2)C(O[Si](C)(C)C)(C2CCCCC2)C2CCC(OC)CC2)CC1. The molecule has 0 spiro atoms. The maximum Gasteiger partial charge on any atom is 0.184 e. The van der Waals surface area contributed by atoms with E-state index in [2.05, 4.69) is 39.3 Å². The lowest BCUT2D eigenvalue weighted by molar-refractivity contribution is -0.257. The van der Waals surface area contributed by atoms with Gasteiger partial charge >= 0.3 is 0 Å². The van der Waals surface area contributed by atoms with E-state index in [0.29, 0.717) is 35.9 Å². The zero-order valence-corrected chi connectivity index (χ0v) is 29.8. The minimum atomic E-state index is -1.94. The Morgan fingerprint density at radius 3 is 0.925 bits per heavy atom. The summed E-state index contributed by atoms with van der Waals surface area (Å²) in [4.78, 5) is 0. The van der Waals surface area contributed by atoms with Gasteiger partial charge in [0.15, 0.2) is 16.6 Å². The van der Waals surface area contributed by atoms with Crippen LogP contribution in [0.3, 0.4) is 0 Å². The van der Waals surface area contributed by atoms with Crippen LogP contribution in [0.4, 0.5) is 0 Å². The molecule has 0 aromatic heterocycles. The van der Waals surface area contributed by atoms with Gasteiger partial charge < -0.3 is 18.3 Å². The first-order chi connectivity index (χ1) is 18.9. The molecule has 40 heavy (non-hydrogen) atoms. The van der Waals surface area contributed by atoms with Gasteiger partial charge in [-0.2, -0.15) is 0 Å². The second-order valence-electron chi connectivity index (χ2n) is 16.1. The van der Waals surface area contributed by atoms with Gasteiger partial charge in [-0.25, -0.2) is 0 Å². The Morgan fingerprint density at radius 2 is 0.675 bits per heavy atom. The lowest BCUT2D eigenvalue weighted by atomic mass is 9.50. The molecule has 234 valence electrons. The van der Waals surface area contributed by atoms with Crippen molar-refractivity contribution in [3.8, 4) is 0 Å². The van der Waals surface area contributed by atoms with Crippen LogP contribution in [0, 0.1) is 23.7 Å². The summed E-state index contributed by atoms with van der Waals surface area (Å²) < 4.78 is 28.1. The molecule has 4 rings (SSSR count). The van der Waals surface area contributed by atoms with Gasteiger partial charge in [0.2, 0.25) is 0 Å². The van der Waals surface area contributed by atoms with Crippen LogP contribution in [-0.2, 0) is 18.3 Å². The summed E-state index contributed by atoms with van der Waals surface area (Å²) >= 11 is 0. The van der Waals surface area contributed by atoms with Gasteiger partial charge in [0, 0.05) is 14.2 Å². The number of hydrogen-bond donors (Lipinski definition) is 0. The van der Waals surface area contributed by atoms with Gasteiger partial charge in [-0.1, -0.05) is 38.5 Å². The second-order valence-corrected chi connectivity index (χ2v) is 25.0. The molecule has 2 atom stereocenters. The van der Waals surface area contributed by atoms with Crippen LogP contribution in [-0.4, -0.2) is 54.3 Å². The van der Waals surface area contributed by atoms with Gasteiger partial charge in [0.1, 0.15) is 0 Å². The Bertz CT molecular complexity index is 687. The number of ether oxygens (including phenoxy) is 2. The van der Waals surface area contributed by atoms with Crippen LogP contribution in [0.15, 0.2) is 0 Å². The monoisotopic (exact) mass is 594 g/mol. The molecule has 0 radical (unpaired) electrons. The summed E-state index contributed by atoms with van der Waals surface area (Å²) in [5.74, 6) is 2.34. The topological polar surface area (TPSA) is 36.9 Å². The van der Waals surface area contributed by atoms with Crippen molar-refractivity contribution in [2.45, 2.75) is 178 Å². The van der Waals surface area contributed by atoms with E-state index in [1.165, 1.54) is 116 Å². The maximum atomic E-state index is 8.11. The van der Waals surface area contributed by atoms with Gasteiger partial charge in [0.05, 0.1) is 23.4 Å². The van der Waals surface area contributed by atoms with Gasteiger partial charge in [-0.3, -0.25) is 0 Å². The average molecular weight is 595 g/mol. The van der Waals surface area contributed by atoms with E-state index in [-0.39, 0.29) is 11.2 Å². The van der Waals surface area contributed by atoms with Crippen LogP contribution >= 0.6 is 0 Å². The van der Waals surface area contributed by atoms with Crippen molar-refractivity contribution in [2.75, 3.05) is 14.2 Å². The van der Waals surface area contributed by atoms with Crippen molar-refractivity contribution in [2.24, 2.45) is 23.7 Å². The van der Waals surface area contributed by atoms with Crippen molar-refractivity contribution in [3.05, 3.63) is 0 Å². The highest BCUT2D eigenvalue weighted by molar-refractivity contribution is 6.70. The van der Waals surface area contributed by atoms with Crippen LogP contribution < -0.4 is 0 Å². The van der Waals surface area contributed by atoms with Gasteiger partial charge in [0.25, 0.3) is 0 Å². The molecule has 4 aliphatic carbocycles. The number of hydrogen-bond acceptors (Lipinski definition) is 4. The fourth-order valence-corrected chi connectivity index (χ4v) is 13.0. The van der Waals surface area contributed by atoms with Crippen LogP contribution in [0.5, 0.6) is 0 Å². The van der Waals surface area contributed by atoms with Gasteiger partial charge in [-0.15, -0.1) is 0 Å². The molecule has 0 aliphatic heterocycles. The first kappa shape index (κ1) is 33.2. The molecule has 0 heterocycles. The third kappa shape index (κ3) is 7.31. The molecular weight excluding hydrogens is 529 g/mol. The first-order valence-electron chi connectivity index (χ1n) is 17.4. The number of methoxy groups -OCH3 is 2. The normalized spacial score (nSPS) is 33.3. The maximum absolute atomic E-state index is 8.11. The third-order valence-corrected chi connectivity index (χ3v) is 13.1. The molecule has 0 N–H and O–H groups in total. The Kier molecular flexibility index (Phi) is 11.5. The molecule has 0 aromatic carbocycles. The van der Waals surface area contributed by atoms with Crippen LogP contribution in [0.1, 0.15) is 116 Å². The zero-order valence-electron chi connectivity index (χ0n) is 27.8. The largest absolute Gasteiger partial charge is 0.409 e. The molecule has 4 nitrogen and oxygen atoms in total. The summed E-state index contributed by atoms with van der Waals surface area (Å²) in [6, 6.07) is 0. The third-order valence-electron chi connectivity index (χ3n) is 11.2. The smallest absolute Gasteiger partial charge is 0.184 e. The zero-order chi connectivity index (χ0) is 29.0. The van der Waals surface area contributed by atoms with Crippen molar-refractivity contribution in [1.29, 1.82) is 0 Å². The second kappa shape index (κ2) is 13.9. The highest BCUT2D eigenvalue weighted by Gasteiger charge is 2.68.